The quantitative estimate of drug-likeness (QED) is 0.716. The third-order valence-electron chi connectivity index (χ3n) is 5.70. The molecule has 2 aliphatic rings. The second-order valence-corrected chi connectivity index (χ2v) is 7.69. The van der Waals surface area contributed by atoms with E-state index in [9.17, 15) is 9.59 Å². The van der Waals surface area contributed by atoms with Crippen molar-refractivity contribution >= 4 is 11.8 Å². The molecule has 0 radical (unpaired) electrons. The molecule has 2 aliphatic carbocycles. The Morgan fingerprint density at radius 1 is 1.08 bits per heavy atom. The lowest BCUT2D eigenvalue weighted by Crippen LogP contribution is -2.44. The van der Waals surface area contributed by atoms with Gasteiger partial charge in [-0.05, 0) is 38.1 Å². The summed E-state index contributed by atoms with van der Waals surface area (Å²) >= 11 is 0. The standard InChI is InChI=1S/C19H31N5O2/c20-10-14-6-4-5-9-17(14)23-19(26)15-11-21-24(12-15)13-18(25)22-16-7-2-1-3-8-16/h11-12,14,16-17H,1-10,13,20H2,(H,22,25)(H,23,26). The molecule has 0 saturated heterocycles. The average molecular weight is 361 g/mol. The van der Waals surface area contributed by atoms with Crippen molar-refractivity contribution in [3.8, 4) is 0 Å². The normalized spacial score (nSPS) is 24.2. The zero-order chi connectivity index (χ0) is 18.4. The third-order valence-corrected chi connectivity index (χ3v) is 5.70. The van der Waals surface area contributed by atoms with Gasteiger partial charge in [-0.25, -0.2) is 0 Å². The van der Waals surface area contributed by atoms with E-state index in [0.29, 0.717) is 18.0 Å². The van der Waals surface area contributed by atoms with Gasteiger partial charge in [-0.1, -0.05) is 32.1 Å². The van der Waals surface area contributed by atoms with Crippen LogP contribution in [-0.2, 0) is 11.3 Å². The minimum atomic E-state index is -0.130. The Hall–Kier alpha value is -1.89. The minimum absolute atomic E-state index is 0.0394. The van der Waals surface area contributed by atoms with E-state index in [1.807, 2.05) is 0 Å². The lowest BCUT2D eigenvalue weighted by molar-refractivity contribution is -0.122. The van der Waals surface area contributed by atoms with Crippen molar-refractivity contribution < 1.29 is 9.59 Å². The van der Waals surface area contributed by atoms with Crippen LogP contribution in [0.2, 0.25) is 0 Å². The topological polar surface area (TPSA) is 102 Å². The molecule has 7 heteroatoms. The van der Waals surface area contributed by atoms with Gasteiger partial charge < -0.3 is 16.4 Å². The Labute approximate surface area is 155 Å². The molecule has 1 aromatic heterocycles. The van der Waals surface area contributed by atoms with E-state index in [-0.39, 0.29) is 30.4 Å². The van der Waals surface area contributed by atoms with Crippen LogP contribution in [0.5, 0.6) is 0 Å². The number of nitrogens with one attached hydrogen (secondary N) is 2. The first-order valence-corrected chi connectivity index (χ1v) is 9.98. The molecule has 1 heterocycles. The summed E-state index contributed by atoms with van der Waals surface area (Å²) in [6, 6.07) is 0.424. The first-order chi connectivity index (χ1) is 12.7. The van der Waals surface area contributed by atoms with Crippen LogP contribution in [0.15, 0.2) is 12.4 Å². The van der Waals surface area contributed by atoms with E-state index in [2.05, 4.69) is 15.7 Å². The first-order valence-electron chi connectivity index (χ1n) is 9.98. The summed E-state index contributed by atoms with van der Waals surface area (Å²) in [5.74, 6) is 0.181. The summed E-state index contributed by atoms with van der Waals surface area (Å²) in [7, 11) is 0. The monoisotopic (exact) mass is 361 g/mol. The maximum absolute atomic E-state index is 12.5. The molecule has 2 saturated carbocycles. The van der Waals surface area contributed by atoms with Gasteiger partial charge in [-0.15, -0.1) is 0 Å². The maximum atomic E-state index is 12.5. The second kappa shape index (κ2) is 9.16. The fourth-order valence-corrected chi connectivity index (χ4v) is 4.17. The summed E-state index contributed by atoms with van der Waals surface area (Å²) in [5.41, 5.74) is 6.33. The highest BCUT2D eigenvalue weighted by Crippen LogP contribution is 2.23. The van der Waals surface area contributed by atoms with Crippen LogP contribution < -0.4 is 16.4 Å². The van der Waals surface area contributed by atoms with Gasteiger partial charge in [0.05, 0.1) is 11.8 Å². The molecule has 0 spiro atoms. The number of hydrogen-bond donors (Lipinski definition) is 3. The zero-order valence-electron chi connectivity index (χ0n) is 15.5. The molecule has 0 aromatic carbocycles. The molecule has 2 fully saturated rings. The molecule has 3 rings (SSSR count). The molecule has 1 aromatic rings. The van der Waals surface area contributed by atoms with Crippen LogP contribution in [0.3, 0.4) is 0 Å². The highest BCUT2D eigenvalue weighted by molar-refractivity contribution is 5.94. The molecular formula is C19H31N5O2. The number of aromatic nitrogens is 2. The molecule has 2 amide bonds. The van der Waals surface area contributed by atoms with Gasteiger partial charge in [-0.2, -0.15) is 5.10 Å². The number of hydrogen-bond acceptors (Lipinski definition) is 4. The van der Waals surface area contributed by atoms with Gasteiger partial charge in [-0.3, -0.25) is 14.3 Å². The molecule has 2 unspecified atom stereocenters. The minimum Gasteiger partial charge on any atom is -0.352 e. The van der Waals surface area contributed by atoms with E-state index in [1.165, 1.54) is 36.6 Å². The van der Waals surface area contributed by atoms with Crippen LogP contribution in [0.1, 0.15) is 68.1 Å². The van der Waals surface area contributed by atoms with Crippen molar-refractivity contribution in [2.45, 2.75) is 76.4 Å². The zero-order valence-corrected chi connectivity index (χ0v) is 15.5. The van der Waals surface area contributed by atoms with E-state index >= 15 is 0 Å². The van der Waals surface area contributed by atoms with Crippen molar-refractivity contribution in [1.29, 1.82) is 0 Å². The summed E-state index contributed by atoms with van der Waals surface area (Å²) in [5, 5.41) is 10.3. The van der Waals surface area contributed by atoms with Crippen LogP contribution in [0, 0.1) is 5.92 Å². The Morgan fingerprint density at radius 2 is 1.81 bits per heavy atom. The average Bonchev–Trinajstić information content (AvgIpc) is 3.11. The summed E-state index contributed by atoms with van der Waals surface area (Å²) < 4.78 is 1.54. The molecule has 4 N–H and O–H groups in total. The summed E-state index contributed by atoms with van der Waals surface area (Å²) in [6.45, 7) is 0.754. The van der Waals surface area contributed by atoms with Gasteiger partial charge in [0.25, 0.3) is 5.91 Å². The van der Waals surface area contributed by atoms with Crippen molar-refractivity contribution in [1.82, 2.24) is 20.4 Å². The molecule has 144 valence electrons. The Morgan fingerprint density at radius 3 is 2.58 bits per heavy atom. The molecule has 26 heavy (non-hydrogen) atoms. The van der Waals surface area contributed by atoms with Crippen molar-refractivity contribution in [3.63, 3.8) is 0 Å². The van der Waals surface area contributed by atoms with Crippen molar-refractivity contribution in [2.24, 2.45) is 11.7 Å². The van der Waals surface area contributed by atoms with E-state index in [0.717, 1.165) is 32.1 Å². The number of carbonyl (C=O) groups excluding carboxylic acids is 2. The number of carbonyl (C=O) groups is 2. The van der Waals surface area contributed by atoms with Gasteiger partial charge in [0.15, 0.2) is 0 Å². The second-order valence-electron chi connectivity index (χ2n) is 7.69. The third kappa shape index (κ3) is 5.06. The number of rotatable bonds is 6. The Kier molecular flexibility index (Phi) is 6.66. The molecule has 2 atom stereocenters. The van der Waals surface area contributed by atoms with Crippen LogP contribution >= 0.6 is 0 Å². The van der Waals surface area contributed by atoms with Crippen molar-refractivity contribution in [3.05, 3.63) is 18.0 Å². The van der Waals surface area contributed by atoms with Crippen molar-refractivity contribution in [2.75, 3.05) is 6.54 Å². The van der Waals surface area contributed by atoms with Gasteiger partial charge in [0, 0.05) is 18.3 Å². The smallest absolute Gasteiger partial charge is 0.254 e. The number of amides is 2. The van der Waals surface area contributed by atoms with Gasteiger partial charge in [0.1, 0.15) is 6.54 Å². The molecule has 0 aliphatic heterocycles. The van der Waals surface area contributed by atoms with E-state index in [1.54, 1.807) is 6.20 Å². The van der Waals surface area contributed by atoms with E-state index in [4.69, 9.17) is 5.73 Å². The predicted octanol–water partition coefficient (Wildman–Crippen LogP) is 1.58. The van der Waals surface area contributed by atoms with E-state index < -0.39 is 0 Å². The lowest BCUT2D eigenvalue weighted by Gasteiger charge is -2.31. The van der Waals surface area contributed by atoms with Crippen LogP contribution in [0.4, 0.5) is 0 Å². The highest BCUT2D eigenvalue weighted by atomic mass is 16.2. The lowest BCUT2D eigenvalue weighted by atomic mass is 9.84. The van der Waals surface area contributed by atoms with Crippen LogP contribution in [0.25, 0.3) is 0 Å². The van der Waals surface area contributed by atoms with Gasteiger partial charge >= 0.3 is 0 Å². The Bertz CT molecular complexity index is 609. The summed E-state index contributed by atoms with van der Waals surface area (Å²) in [6.07, 6.45) is 13.3. The largest absolute Gasteiger partial charge is 0.352 e. The molecule has 7 nitrogen and oxygen atoms in total. The first kappa shape index (κ1) is 18.9. The number of nitrogens with zero attached hydrogens (tertiary/aromatic N) is 2. The van der Waals surface area contributed by atoms with Gasteiger partial charge in [0.2, 0.25) is 5.91 Å². The molecular weight excluding hydrogens is 330 g/mol. The maximum Gasteiger partial charge on any atom is 0.254 e. The number of nitrogens with two attached hydrogens (primary N) is 1. The fraction of sp³-hybridized carbons (Fsp3) is 0.737. The summed E-state index contributed by atoms with van der Waals surface area (Å²) in [4.78, 5) is 24.7. The SMILES string of the molecule is NCC1CCCCC1NC(=O)c1cnn(CC(=O)NC2CCCCC2)c1. The van der Waals surface area contributed by atoms with Crippen LogP contribution in [-0.4, -0.2) is 40.2 Å². The highest BCUT2D eigenvalue weighted by Gasteiger charge is 2.26. The predicted molar refractivity (Wildman–Crippen MR) is 99.5 cm³/mol. The fourth-order valence-electron chi connectivity index (χ4n) is 4.17. The Balaban J connectivity index is 1.50. The molecule has 0 bridgehead atoms.